The number of ether oxygens (including phenoxy) is 1. The number of likely N-dealkylation sites (tertiary alicyclic amines) is 1. The van der Waals surface area contributed by atoms with Crippen LogP contribution in [0.2, 0.25) is 10.0 Å². The normalized spacial score (nSPS) is 16.0. The number of sulfone groups is 1. The second-order valence-electron chi connectivity index (χ2n) is 8.13. The molecule has 5 nitrogen and oxygen atoms in total. The number of benzene rings is 2. The van der Waals surface area contributed by atoms with Crippen molar-refractivity contribution in [3.63, 3.8) is 0 Å². The van der Waals surface area contributed by atoms with Crippen molar-refractivity contribution in [2.24, 2.45) is 0 Å². The van der Waals surface area contributed by atoms with Gasteiger partial charge in [0.05, 0.1) is 27.8 Å². The Balaban J connectivity index is 1.27. The van der Waals surface area contributed by atoms with E-state index in [-0.39, 0.29) is 10.8 Å². The Morgan fingerprint density at radius 3 is 2.59 bits per heavy atom. The van der Waals surface area contributed by atoms with Gasteiger partial charge in [-0.1, -0.05) is 42.3 Å². The highest BCUT2D eigenvalue weighted by Crippen LogP contribution is 2.33. The Hall–Kier alpha value is -1.73. The lowest BCUT2D eigenvalue weighted by Gasteiger charge is -2.32. The van der Waals surface area contributed by atoms with Crippen LogP contribution >= 0.6 is 23.2 Å². The van der Waals surface area contributed by atoms with Crippen LogP contribution in [0.3, 0.4) is 0 Å². The second-order valence-corrected chi connectivity index (χ2v) is 11.2. The molecule has 0 saturated carbocycles. The molecule has 0 amide bonds. The van der Waals surface area contributed by atoms with Gasteiger partial charge in [0, 0.05) is 12.6 Å². The molecule has 8 heteroatoms. The van der Waals surface area contributed by atoms with Gasteiger partial charge in [0.1, 0.15) is 11.3 Å². The number of hydrogen-bond acceptors (Lipinski definition) is 5. The molecule has 2 heterocycles. The Morgan fingerprint density at radius 1 is 1.09 bits per heavy atom. The van der Waals surface area contributed by atoms with E-state index in [1.165, 1.54) is 5.56 Å². The molecule has 0 atom stereocenters. The van der Waals surface area contributed by atoms with Crippen LogP contribution in [0.15, 0.2) is 52.0 Å². The van der Waals surface area contributed by atoms with E-state index in [0.717, 1.165) is 38.9 Å². The summed E-state index contributed by atoms with van der Waals surface area (Å²) in [5, 5.41) is 1.91. The summed E-state index contributed by atoms with van der Waals surface area (Å²) in [6.07, 6.45) is 3.09. The molecule has 0 spiro atoms. The molecule has 1 aliphatic rings. The first-order valence-corrected chi connectivity index (χ1v) is 13.3. The first-order valence-electron chi connectivity index (χ1n) is 10.9. The Kier molecular flexibility index (Phi) is 7.35. The van der Waals surface area contributed by atoms with Crippen LogP contribution in [0.4, 0.5) is 0 Å². The average Bonchev–Trinajstić information content (AvgIpc) is 3.25. The maximum absolute atomic E-state index is 12.1. The highest BCUT2D eigenvalue weighted by molar-refractivity contribution is 7.91. The third kappa shape index (κ3) is 5.25. The number of halogens is 2. The zero-order chi connectivity index (χ0) is 22.7. The minimum absolute atomic E-state index is 0.00380. The largest absolute Gasteiger partial charge is 0.493 e. The van der Waals surface area contributed by atoms with Gasteiger partial charge in [0.15, 0.2) is 0 Å². The molecule has 0 radical (unpaired) electrons. The number of nitrogens with zero attached hydrogens (tertiary/aromatic N) is 1. The standard InChI is InChI=1S/C24H27Cl2NO4S/c1-2-32(28,29)24-16-19-22(5-3-6-23(19)31-24)30-14-4-11-27-12-9-17(10-13-27)18-7-8-20(25)21(26)15-18/h3,5-8,15-17H,2,4,9-14H2,1H3. The van der Waals surface area contributed by atoms with Crippen molar-refractivity contribution in [3.05, 3.63) is 58.1 Å². The predicted molar refractivity (Wildman–Crippen MR) is 129 cm³/mol. The van der Waals surface area contributed by atoms with Crippen molar-refractivity contribution in [1.82, 2.24) is 4.90 Å². The van der Waals surface area contributed by atoms with Crippen molar-refractivity contribution in [2.75, 3.05) is 32.0 Å². The molecule has 1 aromatic heterocycles. The van der Waals surface area contributed by atoms with Crippen LogP contribution in [0.5, 0.6) is 5.75 Å². The summed E-state index contributed by atoms with van der Waals surface area (Å²) in [6, 6.07) is 12.9. The molecule has 32 heavy (non-hydrogen) atoms. The van der Waals surface area contributed by atoms with Crippen molar-refractivity contribution in [2.45, 2.75) is 37.2 Å². The molecule has 1 fully saturated rings. The van der Waals surface area contributed by atoms with Gasteiger partial charge in [-0.25, -0.2) is 8.42 Å². The van der Waals surface area contributed by atoms with E-state index in [4.69, 9.17) is 32.4 Å². The van der Waals surface area contributed by atoms with Crippen LogP contribution in [-0.2, 0) is 9.84 Å². The summed E-state index contributed by atoms with van der Waals surface area (Å²) in [5.41, 5.74) is 1.79. The summed E-state index contributed by atoms with van der Waals surface area (Å²) >= 11 is 12.2. The van der Waals surface area contributed by atoms with E-state index in [1.54, 1.807) is 19.1 Å². The third-order valence-corrected chi connectivity index (χ3v) is 8.38. The number of furan rings is 1. The molecule has 0 unspecified atom stereocenters. The highest BCUT2D eigenvalue weighted by Gasteiger charge is 2.21. The molecule has 0 N–H and O–H groups in total. The van der Waals surface area contributed by atoms with E-state index in [1.807, 2.05) is 24.3 Å². The van der Waals surface area contributed by atoms with E-state index >= 15 is 0 Å². The molecule has 2 aromatic carbocycles. The van der Waals surface area contributed by atoms with Crippen LogP contribution in [0.25, 0.3) is 11.0 Å². The molecule has 0 bridgehead atoms. The molecule has 172 valence electrons. The fraction of sp³-hybridized carbons (Fsp3) is 0.417. The summed E-state index contributed by atoms with van der Waals surface area (Å²) in [6.45, 7) is 5.21. The SMILES string of the molecule is CCS(=O)(=O)c1cc2c(OCCCN3CCC(c4ccc(Cl)c(Cl)c4)CC3)cccc2o1. The van der Waals surface area contributed by atoms with Gasteiger partial charge < -0.3 is 14.1 Å². The zero-order valence-electron chi connectivity index (χ0n) is 18.0. The number of rotatable bonds is 8. The quantitative estimate of drug-likeness (QED) is 0.349. The molecule has 1 aliphatic heterocycles. The number of fused-ring (bicyclic) bond motifs is 1. The van der Waals surface area contributed by atoms with Gasteiger partial charge >= 0.3 is 0 Å². The van der Waals surface area contributed by atoms with Crippen LogP contribution in [-0.4, -0.2) is 45.3 Å². The van der Waals surface area contributed by atoms with Crippen molar-refractivity contribution >= 4 is 44.0 Å². The molecule has 4 rings (SSSR count). The van der Waals surface area contributed by atoms with Crippen LogP contribution < -0.4 is 4.74 Å². The first kappa shape index (κ1) is 23.4. The van der Waals surface area contributed by atoms with Gasteiger partial charge in [-0.2, -0.15) is 0 Å². The van der Waals surface area contributed by atoms with E-state index < -0.39 is 9.84 Å². The fourth-order valence-corrected chi connectivity index (χ4v) is 5.26. The average molecular weight is 496 g/mol. The van der Waals surface area contributed by atoms with Crippen LogP contribution in [0.1, 0.15) is 37.7 Å². The summed E-state index contributed by atoms with van der Waals surface area (Å²) in [5.74, 6) is 1.18. The Bertz CT molecular complexity index is 1180. The summed E-state index contributed by atoms with van der Waals surface area (Å²) < 4.78 is 35.7. The maximum Gasteiger partial charge on any atom is 0.219 e. The molecule has 3 aromatic rings. The molecular formula is C24H27Cl2NO4S. The smallest absolute Gasteiger partial charge is 0.219 e. The topological polar surface area (TPSA) is 59.8 Å². The van der Waals surface area contributed by atoms with Gasteiger partial charge in [-0.15, -0.1) is 0 Å². The van der Waals surface area contributed by atoms with Crippen molar-refractivity contribution in [3.8, 4) is 5.75 Å². The van der Waals surface area contributed by atoms with Crippen molar-refractivity contribution in [1.29, 1.82) is 0 Å². The third-order valence-electron chi connectivity index (χ3n) is 6.06. The first-order chi connectivity index (χ1) is 15.4. The van der Waals surface area contributed by atoms with E-state index in [0.29, 0.717) is 39.3 Å². The van der Waals surface area contributed by atoms with Gasteiger partial charge in [0.2, 0.25) is 14.9 Å². The minimum Gasteiger partial charge on any atom is -0.493 e. The predicted octanol–water partition coefficient (Wildman–Crippen LogP) is 6.18. The van der Waals surface area contributed by atoms with Gasteiger partial charge in [-0.3, -0.25) is 0 Å². The highest BCUT2D eigenvalue weighted by atomic mass is 35.5. The maximum atomic E-state index is 12.1. The molecular weight excluding hydrogens is 469 g/mol. The van der Waals surface area contributed by atoms with E-state index in [2.05, 4.69) is 11.0 Å². The number of hydrogen-bond donors (Lipinski definition) is 0. The zero-order valence-corrected chi connectivity index (χ0v) is 20.3. The fourth-order valence-electron chi connectivity index (χ4n) is 4.16. The monoisotopic (exact) mass is 495 g/mol. The molecule has 1 saturated heterocycles. The minimum atomic E-state index is -3.39. The van der Waals surface area contributed by atoms with E-state index in [9.17, 15) is 8.42 Å². The Morgan fingerprint density at radius 2 is 1.88 bits per heavy atom. The molecule has 0 aliphatic carbocycles. The van der Waals surface area contributed by atoms with Gasteiger partial charge in [0.25, 0.3) is 0 Å². The number of piperidine rings is 1. The second kappa shape index (κ2) is 10.0. The lowest BCUT2D eigenvalue weighted by atomic mass is 9.89. The summed E-state index contributed by atoms with van der Waals surface area (Å²) in [4.78, 5) is 2.46. The lowest BCUT2D eigenvalue weighted by Crippen LogP contribution is -2.34. The Labute approximate surface area is 199 Å². The van der Waals surface area contributed by atoms with Crippen molar-refractivity contribution < 1.29 is 17.6 Å². The summed E-state index contributed by atoms with van der Waals surface area (Å²) in [7, 11) is -3.39. The van der Waals surface area contributed by atoms with Crippen LogP contribution in [0, 0.1) is 0 Å². The van der Waals surface area contributed by atoms with Gasteiger partial charge in [-0.05, 0) is 68.1 Å². The lowest BCUT2D eigenvalue weighted by molar-refractivity contribution is 0.193.